The molecule has 1 atom stereocenters. The van der Waals surface area contributed by atoms with E-state index in [0.29, 0.717) is 13.2 Å². The van der Waals surface area contributed by atoms with Gasteiger partial charge in [0.05, 0.1) is 0 Å². The van der Waals surface area contributed by atoms with Crippen LogP contribution in [0.4, 0.5) is 0 Å². The van der Waals surface area contributed by atoms with E-state index in [1.54, 1.807) is 0 Å². The summed E-state index contributed by atoms with van der Waals surface area (Å²) in [4.78, 5) is 17.3. The zero-order valence-corrected chi connectivity index (χ0v) is 17.1. The molecule has 6 nitrogen and oxygen atoms in total. The Bertz CT molecular complexity index is 862. The molecule has 0 unspecified atom stereocenters. The average Bonchev–Trinajstić information content (AvgIpc) is 3.20. The van der Waals surface area contributed by atoms with E-state index in [2.05, 4.69) is 11.0 Å². The number of aryl methyl sites for hydroxylation is 1. The maximum atomic E-state index is 13.0. The van der Waals surface area contributed by atoms with E-state index >= 15 is 0 Å². The molecule has 2 aromatic carbocycles. The summed E-state index contributed by atoms with van der Waals surface area (Å²) in [5.74, 6) is 2.46. The number of carbonyl (C=O) groups excluding carboxylic acids is 1. The minimum Gasteiger partial charge on any atom is -0.481 e. The number of rotatable bonds is 6. The lowest BCUT2D eigenvalue weighted by molar-refractivity contribution is -0.140. The molecular weight excluding hydrogens is 368 g/mol. The first-order chi connectivity index (χ1) is 14.1. The van der Waals surface area contributed by atoms with E-state index in [1.807, 2.05) is 55.1 Å². The van der Waals surface area contributed by atoms with Crippen LogP contribution in [-0.4, -0.2) is 54.8 Å². The first kappa shape index (κ1) is 19.6. The second-order valence-electron chi connectivity index (χ2n) is 7.62. The number of benzene rings is 2. The van der Waals surface area contributed by atoms with Crippen molar-refractivity contribution in [2.75, 3.05) is 33.0 Å². The van der Waals surface area contributed by atoms with Gasteiger partial charge in [-0.2, -0.15) is 0 Å². The van der Waals surface area contributed by atoms with Crippen LogP contribution in [0.25, 0.3) is 0 Å². The number of hydrogen-bond acceptors (Lipinski definition) is 5. The second-order valence-corrected chi connectivity index (χ2v) is 7.62. The van der Waals surface area contributed by atoms with Crippen LogP contribution in [0.2, 0.25) is 0 Å². The standard InChI is InChI=1S/C23H28N2O4/c1-3-20(29-19-6-4-5-17(2)13-19)23(26)25-11-9-24(10-12-25)15-18-7-8-21-22(14-18)28-16-27-21/h4-8,13-14,20H,3,9-12,15-16H2,1-2H3/t20-/m0/s1. The molecular formula is C23H28N2O4. The third-order valence-corrected chi connectivity index (χ3v) is 5.44. The van der Waals surface area contributed by atoms with E-state index < -0.39 is 6.10 Å². The van der Waals surface area contributed by atoms with Crippen molar-refractivity contribution in [3.63, 3.8) is 0 Å². The van der Waals surface area contributed by atoms with Crippen LogP contribution in [0.3, 0.4) is 0 Å². The molecule has 6 heteroatoms. The van der Waals surface area contributed by atoms with E-state index in [0.717, 1.165) is 55.5 Å². The van der Waals surface area contributed by atoms with Gasteiger partial charge in [-0.05, 0) is 48.7 Å². The molecule has 2 aliphatic heterocycles. The first-order valence-electron chi connectivity index (χ1n) is 10.3. The van der Waals surface area contributed by atoms with Gasteiger partial charge in [-0.3, -0.25) is 9.69 Å². The normalized spacial score (nSPS) is 17.2. The van der Waals surface area contributed by atoms with Gasteiger partial charge in [-0.15, -0.1) is 0 Å². The van der Waals surface area contributed by atoms with Gasteiger partial charge in [-0.1, -0.05) is 25.1 Å². The highest BCUT2D eigenvalue weighted by Crippen LogP contribution is 2.32. The number of fused-ring (bicyclic) bond motifs is 1. The number of amides is 1. The number of carbonyl (C=O) groups is 1. The van der Waals surface area contributed by atoms with E-state index in [1.165, 1.54) is 5.56 Å². The summed E-state index contributed by atoms with van der Waals surface area (Å²) in [5, 5.41) is 0. The number of piperazine rings is 1. The smallest absolute Gasteiger partial charge is 0.263 e. The zero-order chi connectivity index (χ0) is 20.2. The van der Waals surface area contributed by atoms with E-state index in [4.69, 9.17) is 14.2 Å². The fourth-order valence-electron chi connectivity index (χ4n) is 3.79. The predicted octanol–water partition coefficient (Wildman–Crippen LogP) is 3.23. The van der Waals surface area contributed by atoms with Crippen LogP contribution in [0.5, 0.6) is 17.2 Å². The molecule has 4 rings (SSSR count). The van der Waals surface area contributed by atoms with Gasteiger partial charge in [0.2, 0.25) is 6.79 Å². The van der Waals surface area contributed by atoms with Gasteiger partial charge in [-0.25, -0.2) is 0 Å². The van der Waals surface area contributed by atoms with E-state index in [9.17, 15) is 4.79 Å². The zero-order valence-electron chi connectivity index (χ0n) is 17.1. The minimum absolute atomic E-state index is 0.0803. The van der Waals surface area contributed by atoms with Crippen LogP contribution in [0, 0.1) is 6.92 Å². The van der Waals surface area contributed by atoms with Crippen molar-refractivity contribution in [1.29, 1.82) is 0 Å². The summed E-state index contributed by atoms with van der Waals surface area (Å²) in [5.41, 5.74) is 2.32. The number of ether oxygens (including phenoxy) is 3. The van der Waals surface area contributed by atoms with Gasteiger partial charge in [0, 0.05) is 32.7 Å². The van der Waals surface area contributed by atoms with Crippen molar-refractivity contribution in [2.45, 2.75) is 32.9 Å². The highest BCUT2D eigenvalue weighted by atomic mass is 16.7. The van der Waals surface area contributed by atoms with Gasteiger partial charge in [0.25, 0.3) is 5.91 Å². The molecule has 0 bridgehead atoms. The van der Waals surface area contributed by atoms with Gasteiger partial charge in [0.1, 0.15) is 5.75 Å². The molecule has 0 N–H and O–H groups in total. The third-order valence-electron chi connectivity index (χ3n) is 5.44. The Morgan fingerprint density at radius 1 is 1.07 bits per heavy atom. The lowest BCUT2D eigenvalue weighted by atomic mass is 10.1. The lowest BCUT2D eigenvalue weighted by Crippen LogP contribution is -2.52. The summed E-state index contributed by atoms with van der Waals surface area (Å²) in [7, 11) is 0. The summed E-state index contributed by atoms with van der Waals surface area (Å²) in [6.45, 7) is 8.29. The fraction of sp³-hybridized carbons (Fsp3) is 0.435. The molecule has 2 heterocycles. The highest BCUT2D eigenvalue weighted by Gasteiger charge is 2.28. The maximum absolute atomic E-state index is 13.0. The number of hydrogen-bond donors (Lipinski definition) is 0. The molecule has 2 aromatic rings. The second kappa shape index (κ2) is 8.74. The Hall–Kier alpha value is -2.73. The summed E-state index contributed by atoms with van der Waals surface area (Å²) < 4.78 is 16.8. The van der Waals surface area contributed by atoms with Crippen molar-refractivity contribution in [2.24, 2.45) is 0 Å². The molecule has 0 aromatic heterocycles. The quantitative estimate of drug-likeness (QED) is 0.750. The Kier molecular flexibility index (Phi) is 5.90. The first-order valence-corrected chi connectivity index (χ1v) is 10.3. The Morgan fingerprint density at radius 2 is 1.86 bits per heavy atom. The van der Waals surface area contributed by atoms with Gasteiger partial charge in [0.15, 0.2) is 17.6 Å². The molecule has 29 heavy (non-hydrogen) atoms. The molecule has 2 aliphatic rings. The van der Waals surface area contributed by atoms with Crippen molar-refractivity contribution >= 4 is 5.91 Å². The largest absolute Gasteiger partial charge is 0.481 e. The molecule has 1 amide bonds. The van der Waals surface area contributed by atoms with Crippen LogP contribution < -0.4 is 14.2 Å². The van der Waals surface area contributed by atoms with Crippen molar-refractivity contribution in [3.8, 4) is 17.2 Å². The summed E-state index contributed by atoms with van der Waals surface area (Å²) >= 11 is 0. The molecule has 154 valence electrons. The predicted molar refractivity (Wildman–Crippen MR) is 110 cm³/mol. The van der Waals surface area contributed by atoms with Gasteiger partial charge >= 0.3 is 0 Å². The fourth-order valence-corrected chi connectivity index (χ4v) is 3.79. The molecule has 0 saturated carbocycles. The average molecular weight is 396 g/mol. The maximum Gasteiger partial charge on any atom is 0.263 e. The Balaban J connectivity index is 1.30. The molecule has 0 radical (unpaired) electrons. The van der Waals surface area contributed by atoms with Crippen molar-refractivity contribution in [1.82, 2.24) is 9.80 Å². The molecule has 0 spiro atoms. The summed E-state index contributed by atoms with van der Waals surface area (Å²) in [6.07, 6.45) is 0.224. The topological polar surface area (TPSA) is 51.2 Å². The van der Waals surface area contributed by atoms with Crippen LogP contribution >= 0.6 is 0 Å². The third kappa shape index (κ3) is 4.65. The van der Waals surface area contributed by atoms with Gasteiger partial charge < -0.3 is 19.1 Å². The Morgan fingerprint density at radius 3 is 2.62 bits per heavy atom. The summed E-state index contributed by atoms with van der Waals surface area (Å²) in [6, 6.07) is 13.9. The SMILES string of the molecule is CC[C@H](Oc1cccc(C)c1)C(=O)N1CCN(Cc2ccc3c(c2)OCO3)CC1. The number of nitrogens with zero attached hydrogens (tertiary/aromatic N) is 2. The van der Waals surface area contributed by atoms with Crippen molar-refractivity contribution < 1.29 is 19.0 Å². The monoisotopic (exact) mass is 396 g/mol. The Labute approximate surface area is 172 Å². The van der Waals surface area contributed by atoms with Crippen molar-refractivity contribution in [3.05, 3.63) is 53.6 Å². The molecule has 1 saturated heterocycles. The minimum atomic E-state index is -0.433. The molecule has 1 fully saturated rings. The lowest BCUT2D eigenvalue weighted by Gasteiger charge is -2.36. The van der Waals surface area contributed by atoms with Crippen LogP contribution in [0.15, 0.2) is 42.5 Å². The van der Waals surface area contributed by atoms with Crippen LogP contribution in [0.1, 0.15) is 24.5 Å². The van der Waals surface area contributed by atoms with E-state index in [-0.39, 0.29) is 5.91 Å². The molecule has 0 aliphatic carbocycles. The van der Waals surface area contributed by atoms with Crippen LogP contribution in [-0.2, 0) is 11.3 Å². The highest BCUT2D eigenvalue weighted by molar-refractivity contribution is 5.81.